The summed E-state index contributed by atoms with van der Waals surface area (Å²) in [5.74, 6) is -0.484. The van der Waals surface area contributed by atoms with Crippen molar-refractivity contribution in [1.82, 2.24) is 14.7 Å². The van der Waals surface area contributed by atoms with E-state index < -0.39 is 21.5 Å². The minimum Gasteiger partial charge on any atom is -0.368 e. The monoisotopic (exact) mass is 273 g/mol. The van der Waals surface area contributed by atoms with E-state index in [-0.39, 0.29) is 4.90 Å². The zero-order valence-electron chi connectivity index (χ0n) is 10.3. The van der Waals surface area contributed by atoms with Crippen LogP contribution in [0.5, 0.6) is 0 Å². The lowest BCUT2D eigenvalue weighted by molar-refractivity contribution is -0.122. The maximum Gasteiger partial charge on any atom is 0.244 e. The highest BCUT2D eigenvalue weighted by Crippen LogP contribution is 2.11. The Balaban J connectivity index is 3.03. The van der Waals surface area contributed by atoms with Crippen LogP contribution in [0.2, 0.25) is 0 Å². The molecule has 0 spiro atoms. The van der Waals surface area contributed by atoms with E-state index in [0.29, 0.717) is 5.95 Å². The van der Waals surface area contributed by atoms with E-state index >= 15 is 0 Å². The first-order valence-corrected chi connectivity index (χ1v) is 6.51. The summed E-state index contributed by atoms with van der Waals surface area (Å²) in [6.07, 6.45) is 2.27. The SMILES string of the molecule is CNc1ncc(S(=O)(=O)NC(C)(C)C(N)=O)cn1. The summed E-state index contributed by atoms with van der Waals surface area (Å²) in [6.45, 7) is 2.74. The number of carbonyl (C=O) groups is 1. The normalized spacial score (nSPS) is 12.2. The Kier molecular flexibility index (Phi) is 3.87. The number of anilines is 1. The number of hydrogen-bond donors (Lipinski definition) is 3. The van der Waals surface area contributed by atoms with E-state index in [2.05, 4.69) is 20.0 Å². The highest BCUT2D eigenvalue weighted by atomic mass is 32.2. The maximum absolute atomic E-state index is 11.9. The summed E-state index contributed by atoms with van der Waals surface area (Å²) in [4.78, 5) is 18.5. The Morgan fingerprint density at radius 1 is 1.33 bits per heavy atom. The van der Waals surface area contributed by atoms with Gasteiger partial charge >= 0.3 is 0 Å². The molecule has 0 bridgehead atoms. The minimum absolute atomic E-state index is 0.143. The molecule has 1 aromatic heterocycles. The van der Waals surface area contributed by atoms with Crippen molar-refractivity contribution in [3.05, 3.63) is 12.4 Å². The van der Waals surface area contributed by atoms with Gasteiger partial charge < -0.3 is 11.1 Å². The first kappa shape index (κ1) is 14.3. The Morgan fingerprint density at radius 3 is 2.22 bits per heavy atom. The van der Waals surface area contributed by atoms with Gasteiger partial charge in [0.15, 0.2) is 0 Å². The van der Waals surface area contributed by atoms with Gasteiger partial charge in [0.2, 0.25) is 21.9 Å². The molecule has 0 saturated heterocycles. The molecule has 1 rings (SSSR count). The number of amides is 1. The Hall–Kier alpha value is -1.74. The number of hydrogen-bond acceptors (Lipinski definition) is 6. The van der Waals surface area contributed by atoms with Gasteiger partial charge in [0.25, 0.3) is 0 Å². The predicted octanol–water partition coefficient (Wildman–Crippen LogP) is -0.939. The van der Waals surface area contributed by atoms with Crippen LogP contribution in [0.3, 0.4) is 0 Å². The lowest BCUT2D eigenvalue weighted by atomic mass is 10.1. The summed E-state index contributed by atoms with van der Waals surface area (Å²) in [5, 5.41) is 2.66. The molecular formula is C9H15N5O3S. The molecule has 0 aliphatic heterocycles. The van der Waals surface area contributed by atoms with Gasteiger partial charge in [-0.25, -0.2) is 18.4 Å². The standard InChI is InChI=1S/C9H15N5O3S/c1-9(2,7(10)15)14-18(16,17)6-4-12-8(11-3)13-5-6/h4-5,14H,1-3H3,(H2,10,15)(H,11,12,13). The van der Waals surface area contributed by atoms with Crippen LogP contribution >= 0.6 is 0 Å². The molecule has 18 heavy (non-hydrogen) atoms. The molecule has 0 aliphatic rings. The van der Waals surface area contributed by atoms with Crippen LogP contribution in [-0.2, 0) is 14.8 Å². The van der Waals surface area contributed by atoms with E-state index in [4.69, 9.17) is 5.73 Å². The van der Waals surface area contributed by atoms with Crippen molar-refractivity contribution in [2.24, 2.45) is 5.73 Å². The number of nitrogens with two attached hydrogens (primary N) is 1. The summed E-state index contributed by atoms with van der Waals surface area (Å²) in [6, 6.07) is 0. The van der Waals surface area contributed by atoms with Crippen LogP contribution in [0.1, 0.15) is 13.8 Å². The van der Waals surface area contributed by atoms with Crippen LogP contribution in [0.4, 0.5) is 5.95 Å². The van der Waals surface area contributed by atoms with Crippen molar-refractivity contribution in [3.8, 4) is 0 Å². The molecule has 100 valence electrons. The third-order valence-corrected chi connectivity index (χ3v) is 3.78. The molecule has 4 N–H and O–H groups in total. The highest BCUT2D eigenvalue weighted by Gasteiger charge is 2.31. The van der Waals surface area contributed by atoms with Crippen molar-refractivity contribution in [1.29, 1.82) is 0 Å². The lowest BCUT2D eigenvalue weighted by Crippen LogP contribution is -2.52. The zero-order valence-corrected chi connectivity index (χ0v) is 11.1. The molecule has 8 nitrogen and oxygen atoms in total. The van der Waals surface area contributed by atoms with Crippen molar-refractivity contribution < 1.29 is 13.2 Å². The number of rotatable bonds is 5. The summed E-state index contributed by atoms with van der Waals surface area (Å²) < 4.78 is 26.0. The predicted molar refractivity (Wildman–Crippen MR) is 65.2 cm³/mol. The quantitative estimate of drug-likeness (QED) is 0.635. The second-order valence-corrected chi connectivity index (χ2v) is 5.77. The van der Waals surface area contributed by atoms with E-state index in [0.717, 1.165) is 12.4 Å². The van der Waals surface area contributed by atoms with E-state index in [1.54, 1.807) is 7.05 Å². The Bertz CT molecular complexity index is 538. The van der Waals surface area contributed by atoms with Crippen molar-refractivity contribution in [2.75, 3.05) is 12.4 Å². The first-order chi connectivity index (χ1) is 8.19. The fourth-order valence-corrected chi connectivity index (χ4v) is 2.30. The molecular weight excluding hydrogens is 258 g/mol. The lowest BCUT2D eigenvalue weighted by Gasteiger charge is -2.21. The van der Waals surface area contributed by atoms with Crippen LogP contribution in [0, 0.1) is 0 Å². The molecule has 0 radical (unpaired) electrons. The van der Waals surface area contributed by atoms with Crippen LogP contribution in [0.15, 0.2) is 17.3 Å². The van der Waals surface area contributed by atoms with E-state index in [9.17, 15) is 13.2 Å². The molecule has 1 aromatic rings. The number of aromatic nitrogens is 2. The zero-order chi connectivity index (χ0) is 14.0. The van der Waals surface area contributed by atoms with Crippen LogP contribution < -0.4 is 15.8 Å². The average molecular weight is 273 g/mol. The Morgan fingerprint density at radius 2 is 1.83 bits per heavy atom. The van der Waals surface area contributed by atoms with Crippen molar-refractivity contribution >= 4 is 21.9 Å². The first-order valence-electron chi connectivity index (χ1n) is 5.03. The molecule has 0 unspecified atom stereocenters. The third-order valence-electron chi connectivity index (χ3n) is 2.17. The number of nitrogens with zero attached hydrogens (tertiary/aromatic N) is 2. The van der Waals surface area contributed by atoms with Crippen molar-refractivity contribution in [3.63, 3.8) is 0 Å². The van der Waals surface area contributed by atoms with Gasteiger partial charge in [-0.2, -0.15) is 4.72 Å². The van der Waals surface area contributed by atoms with Gasteiger partial charge in [-0.3, -0.25) is 4.79 Å². The summed E-state index contributed by atoms with van der Waals surface area (Å²) in [7, 11) is -2.28. The smallest absolute Gasteiger partial charge is 0.244 e. The summed E-state index contributed by atoms with van der Waals surface area (Å²) in [5.41, 5.74) is 3.71. The minimum atomic E-state index is -3.89. The number of carbonyl (C=O) groups excluding carboxylic acids is 1. The average Bonchev–Trinajstić information content (AvgIpc) is 2.27. The van der Waals surface area contributed by atoms with Gasteiger partial charge in [-0.1, -0.05) is 0 Å². The second kappa shape index (κ2) is 4.86. The van der Waals surface area contributed by atoms with Crippen LogP contribution in [0.25, 0.3) is 0 Å². The van der Waals surface area contributed by atoms with Gasteiger partial charge in [0.05, 0.1) is 12.4 Å². The molecule has 0 aliphatic carbocycles. The van der Waals surface area contributed by atoms with Gasteiger partial charge in [-0.05, 0) is 13.8 Å². The third kappa shape index (κ3) is 3.14. The van der Waals surface area contributed by atoms with E-state index in [1.807, 2.05) is 0 Å². The van der Waals surface area contributed by atoms with Gasteiger partial charge in [-0.15, -0.1) is 0 Å². The van der Waals surface area contributed by atoms with Gasteiger partial charge in [0, 0.05) is 7.05 Å². The van der Waals surface area contributed by atoms with Crippen LogP contribution in [-0.4, -0.2) is 36.9 Å². The molecule has 0 aromatic carbocycles. The molecule has 1 amide bonds. The fourth-order valence-electron chi connectivity index (χ4n) is 1.03. The molecule has 1 heterocycles. The summed E-state index contributed by atoms with van der Waals surface area (Å²) >= 11 is 0. The highest BCUT2D eigenvalue weighted by molar-refractivity contribution is 7.89. The van der Waals surface area contributed by atoms with Crippen molar-refractivity contribution in [2.45, 2.75) is 24.3 Å². The van der Waals surface area contributed by atoms with E-state index in [1.165, 1.54) is 13.8 Å². The topological polar surface area (TPSA) is 127 Å². The fraction of sp³-hybridized carbons (Fsp3) is 0.444. The number of nitrogens with one attached hydrogen (secondary N) is 2. The second-order valence-electron chi connectivity index (χ2n) is 4.09. The Labute approximate surface area is 105 Å². The number of primary amides is 1. The molecule has 9 heteroatoms. The maximum atomic E-state index is 11.9. The number of sulfonamides is 1. The molecule has 0 saturated carbocycles. The molecule has 0 atom stereocenters. The molecule has 0 fully saturated rings. The van der Waals surface area contributed by atoms with Gasteiger partial charge in [0.1, 0.15) is 10.4 Å². The largest absolute Gasteiger partial charge is 0.368 e.